The summed E-state index contributed by atoms with van der Waals surface area (Å²) in [5.74, 6) is 1.83. The Labute approximate surface area is 332 Å². The molecule has 0 amide bonds. The summed E-state index contributed by atoms with van der Waals surface area (Å²) < 4.78 is 0. The van der Waals surface area contributed by atoms with Crippen LogP contribution in [0.15, 0.2) is 206 Å². The number of aromatic nitrogens is 3. The van der Waals surface area contributed by atoms with Crippen molar-refractivity contribution in [1.82, 2.24) is 15.0 Å². The summed E-state index contributed by atoms with van der Waals surface area (Å²) in [6.07, 6.45) is 0. The molecule has 0 atom stereocenters. The molecule has 0 fully saturated rings. The van der Waals surface area contributed by atoms with Crippen molar-refractivity contribution in [1.29, 1.82) is 5.26 Å². The van der Waals surface area contributed by atoms with Gasteiger partial charge in [0.25, 0.3) is 0 Å². The lowest BCUT2D eigenvalue weighted by Gasteiger charge is -2.34. The predicted molar refractivity (Wildman–Crippen MR) is 229 cm³/mol. The van der Waals surface area contributed by atoms with E-state index in [2.05, 4.69) is 158 Å². The minimum atomic E-state index is -0.659. The van der Waals surface area contributed by atoms with Crippen LogP contribution in [0, 0.1) is 11.3 Å². The van der Waals surface area contributed by atoms with E-state index in [0.717, 1.165) is 50.1 Å². The van der Waals surface area contributed by atoms with Crippen molar-refractivity contribution in [2.24, 2.45) is 0 Å². The fraction of sp³-hybridized carbons (Fsp3) is 0.0189. The van der Waals surface area contributed by atoms with E-state index in [1.165, 1.54) is 22.3 Å². The molecule has 0 radical (unpaired) electrons. The van der Waals surface area contributed by atoms with Crippen LogP contribution in [0.25, 0.3) is 67.5 Å². The third-order valence-electron chi connectivity index (χ3n) is 11.0. The number of nitrogens with zero attached hydrogens (tertiary/aromatic N) is 4. The summed E-state index contributed by atoms with van der Waals surface area (Å²) in [5.41, 5.74) is 14.1. The highest BCUT2D eigenvalue weighted by Crippen LogP contribution is 2.56. The van der Waals surface area contributed by atoms with Crippen LogP contribution < -0.4 is 0 Å². The third-order valence-corrected chi connectivity index (χ3v) is 11.0. The van der Waals surface area contributed by atoms with Crippen molar-refractivity contribution in [3.05, 3.63) is 234 Å². The van der Waals surface area contributed by atoms with Gasteiger partial charge in [-0.05, 0) is 86.0 Å². The summed E-state index contributed by atoms with van der Waals surface area (Å²) >= 11 is 0. The highest BCUT2D eigenvalue weighted by molar-refractivity contribution is 5.87. The molecule has 0 aliphatic heterocycles. The molecular weight excluding hydrogens is 693 g/mol. The molecule has 1 aliphatic carbocycles. The Balaban J connectivity index is 1.19. The van der Waals surface area contributed by atoms with Crippen LogP contribution in [0.2, 0.25) is 0 Å². The van der Waals surface area contributed by atoms with Crippen LogP contribution in [0.1, 0.15) is 27.8 Å². The van der Waals surface area contributed by atoms with Crippen molar-refractivity contribution in [2.75, 3.05) is 0 Å². The molecule has 0 N–H and O–H groups in total. The van der Waals surface area contributed by atoms with Crippen molar-refractivity contribution in [2.45, 2.75) is 5.41 Å². The van der Waals surface area contributed by atoms with E-state index >= 15 is 0 Å². The zero-order chi connectivity index (χ0) is 38.2. The number of rotatable bonds is 7. The molecule has 9 aromatic rings. The Morgan fingerprint density at radius 3 is 1.33 bits per heavy atom. The Bertz CT molecular complexity index is 2940. The fourth-order valence-corrected chi connectivity index (χ4v) is 8.43. The van der Waals surface area contributed by atoms with Crippen molar-refractivity contribution >= 4 is 0 Å². The normalized spacial score (nSPS) is 12.3. The molecule has 0 unspecified atom stereocenters. The molecule has 8 aromatic carbocycles. The van der Waals surface area contributed by atoms with Gasteiger partial charge in [0.15, 0.2) is 17.5 Å². The van der Waals surface area contributed by atoms with Crippen molar-refractivity contribution in [3.8, 4) is 73.6 Å². The van der Waals surface area contributed by atoms with Crippen LogP contribution in [-0.4, -0.2) is 15.0 Å². The smallest absolute Gasteiger partial charge is 0.164 e. The Morgan fingerprint density at radius 1 is 0.333 bits per heavy atom. The molecule has 0 saturated carbocycles. The fourth-order valence-electron chi connectivity index (χ4n) is 8.43. The van der Waals surface area contributed by atoms with Gasteiger partial charge in [-0.15, -0.1) is 0 Å². The molecule has 0 bridgehead atoms. The lowest BCUT2D eigenvalue weighted by Crippen LogP contribution is -2.28. The molecule has 1 aromatic heterocycles. The van der Waals surface area contributed by atoms with Gasteiger partial charge < -0.3 is 0 Å². The standard InChI is InChI=1S/C53H34N4/c54-35-36-15-11-20-39(31-36)41-22-13-25-44(33-41)53(48-29-9-7-27-46(48)47-28-8-10-30-49(47)53)45-26-14-24-43(34-45)52-56-50(38-18-5-2-6-19-38)55-51(57-52)42-23-12-21-40(32-42)37-16-3-1-4-17-37/h1-34H. The topological polar surface area (TPSA) is 62.5 Å². The quantitative estimate of drug-likeness (QED) is 0.164. The Kier molecular flexibility index (Phi) is 8.39. The maximum Gasteiger partial charge on any atom is 0.164 e. The second kappa shape index (κ2) is 14.2. The molecule has 1 heterocycles. The van der Waals surface area contributed by atoms with Crippen LogP contribution >= 0.6 is 0 Å². The number of hydrogen-bond donors (Lipinski definition) is 0. The van der Waals surface area contributed by atoms with Gasteiger partial charge in [0.2, 0.25) is 0 Å². The van der Waals surface area contributed by atoms with Gasteiger partial charge in [0, 0.05) is 16.7 Å². The van der Waals surface area contributed by atoms with Crippen LogP contribution in [0.3, 0.4) is 0 Å². The van der Waals surface area contributed by atoms with E-state index in [9.17, 15) is 5.26 Å². The van der Waals surface area contributed by atoms with Crippen LogP contribution in [0.4, 0.5) is 0 Å². The zero-order valence-corrected chi connectivity index (χ0v) is 30.9. The number of benzene rings is 8. The minimum absolute atomic E-state index is 0.600. The average Bonchev–Trinajstić information content (AvgIpc) is 3.61. The van der Waals surface area contributed by atoms with Gasteiger partial charge in [-0.3, -0.25) is 0 Å². The minimum Gasteiger partial charge on any atom is -0.208 e. The van der Waals surface area contributed by atoms with Gasteiger partial charge >= 0.3 is 0 Å². The summed E-state index contributed by atoms with van der Waals surface area (Å²) in [6, 6.07) is 74.0. The predicted octanol–water partition coefficient (Wildman–Crippen LogP) is 12.4. The largest absolute Gasteiger partial charge is 0.208 e. The van der Waals surface area contributed by atoms with E-state index < -0.39 is 5.41 Å². The SMILES string of the molecule is N#Cc1cccc(-c2cccc(C3(c4cccc(-c5nc(-c6ccccc6)nc(-c6cccc(-c7ccccc7)c6)n5)c4)c4ccccc4-c4ccccc43)c2)c1. The molecule has 4 heteroatoms. The van der Waals surface area contributed by atoms with E-state index in [1.54, 1.807) is 0 Å². The molecule has 10 rings (SSSR count). The highest BCUT2D eigenvalue weighted by atomic mass is 15.0. The van der Waals surface area contributed by atoms with Crippen LogP contribution in [-0.2, 0) is 5.41 Å². The second-order valence-corrected chi connectivity index (χ2v) is 14.3. The van der Waals surface area contributed by atoms with E-state index in [4.69, 9.17) is 15.0 Å². The summed E-state index contributed by atoms with van der Waals surface area (Å²) in [4.78, 5) is 15.4. The molecule has 4 nitrogen and oxygen atoms in total. The highest BCUT2D eigenvalue weighted by Gasteiger charge is 2.46. The molecule has 0 spiro atoms. The van der Waals surface area contributed by atoms with Crippen molar-refractivity contribution in [3.63, 3.8) is 0 Å². The maximum atomic E-state index is 9.72. The average molecular weight is 727 g/mol. The first-order valence-corrected chi connectivity index (χ1v) is 19.1. The molecular formula is C53H34N4. The maximum absolute atomic E-state index is 9.72. The Morgan fingerprint density at radius 2 is 0.737 bits per heavy atom. The number of hydrogen-bond acceptors (Lipinski definition) is 4. The third kappa shape index (κ3) is 5.90. The van der Waals surface area contributed by atoms with E-state index in [1.807, 2.05) is 54.6 Å². The Hall–Kier alpha value is -7.74. The zero-order valence-electron chi connectivity index (χ0n) is 30.9. The molecule has 1 aliphatic rings. The second-order valence-electron chi connectivity index (χ2n) is 14.3. The number of fused-ring (bicyclic) bond motifs is 3. The summed E-state index contributed by atoms with van der Waals surface area (Å²) in [6.45, 7) is 0. The van der Waals surface area contributed by atoms with E-state index in [-0.39, 0.29) is 0 Å². The van der Waals surface area contributed by atoms with Gasteiger partial charge in [0.1, 0.15) is 0 Å². The summed E-state index contributed by atoms with van der Waals surface area (Å²) in [5, 5.41) is 9.72. The first-order chi connectivity index (χ1) is 28.2. The first kappa shape index (κ1) is 33.8. The van der Waals surface area contributed by atoms with Gasteiger partial charge in [-0.25, -0.2) is 15.0 Å². The monoisotopic (exact) mass is 726 g/mol. The number of nitriles is 1. The molecule has 57 heavy (non-hydrogen) atoms. The molecule has 0 saturated heterocycles. The lowest BCUT2D eigenvalue weighted by molar-refractivity contribution is 0.769. The van der Waals surface area contributed by atoms with E-state index in [0.29, 0.717) is 23.0 Å². The first-order valence-electron chi connectivity index (χ1n) is 19.1. The van der Waals surface area contributed by atoms with Gasteiger partial charge in [0.05, 0.1) is 17.0 Å². The van der Waals surface area contributed by atoms with Crippen molar-refractivity contribution < 1.29 is 0 Å². The lowest BCUT2D eigenvalue weighted by atomic mass is 9.67. The summed E-state index contributed by atoms with van der Waals surface area (Å²) in [7, 11) is 0. The van der Waals surface area contributed by atoms with Gasteiger partial charge in [-0.1, -0.05) is 176 Å². The van der Waals surface area contributed by atoms with Gasteiger partial charge in [-0.2, -0.15) is 5.26 Å². The van der Waals surface area contributed by atoms with Crippen LogP contribution in [0.5, 0.6) is 0 Å². The molecule has 266 valence electrons.